The van der Waals surface area contributed by atoms with Crippen LogP contribution in [0.25, 0.3) is 10.9 Å². The van der Waals surface area contributed by atoms with E-state index in [4.69, 9.17) is 16.3 Å². The largest absolute Gasteiger partial charge is 0.481 e. The van der Waals surface area contributed by atoms with Gasteiger partial charge in [0.1, 0.15) is 11.3 Å². The zero-order chi connectivity index (χ0) is 16.4. The van der Waals surface area contributed by atoms with Crippen LogP contribution in [0, 0.1) is 5.92 Å². The van der Waals surface area contributed by atoms with Crippen molar-refractivity contribution in [2.45, 2.75) is 25.3 Å². The minimum absolute atomic E-state index is 0.0746. The molecular weight excluding hydrogens is 316 g/mol. The van der Waals surface area contributed by atoms with Gasteiger partial charge in [-0.05, 0) is 49.9 Å². The van der Waals surface area contributed by atoms with Gasteiger partial charge in [-0.1, -0.05) is 11.6 Å². The summed E-state index contributed by atoms with van der Waals surface area (Å²) < 4.78 is 5.61. The van der Waals surface area contributed by atoms with E-state index in [1.165, 1.54) is 0 Å². The number of benzene rings is 1. The Morgan fingerprint density at radius 1 is 1.48 bits per heavy atom. The number of rotatable bonds is 6. The third kappa shape index (κ3) is 3.41. The summed E-state index contributed by atoms with van der Waals surface area (Å²) in [5.41, 5.74) is 0.0562. The molecule has 0 radical (unpaired) electrons. The number of nitrogens with one attached hydrogen (secondary N) is 1. The number of hydrogen-bond donors (Lipinski definition) is 2. The van der Waals surface area contributed by atoms with Crippen molar-refractivity contribution < 1.29 is 14.6 Å². The lowest BCUT2D eigenvalue weighted by atomic mass is 9.97. The summed E-state index contributed by atoms with van der Waals surface area (Å²) >= 11 is 6.14. The Balaban J connectivity index is 1.69. The van der Waals surface area contributed by atoms with Gasteiger partial charge in [0.15, 0.2) is 6.61 Å². The molecule has 2 aromatic rings. The topological polar surface area (TPSA) is 71.5 Å². The Morgan fingerprint density at radius 3 is 2.96 bits per heavy atom. The quantitative estimate of drug-likeness (QED) is 0.851. The first kappa shape index (κ1) is 16.0. The zero-order valence-electron chi connectivity index (χ0n) is 12.9. The summed E-state index contributed by atoms with van der Waals surface area (Å²) in [6.45, 7) is 1.66. The molecule has 122 valence electrons. The summed E-state index contributed by atoms with van der Waals surface area (Å²) in [7, 11) is 0. The summed E-state index contributed by atoms with van der Waals surface area (Å²) in [5.74, 6) is 0.597. The van der Waals surface area contributed by atoms with E-state index in [2.05, 4.69) is 10.3 Å². The number of nitrogens with zero attached hydrogens (tertiary/aromatic N) is 1. The fourth-order valence-corrected chi connectivity index (χ4v) is 2.93. The number of pyridine rings is 1. The Labute approximate surface area is 139 Å². The van der Waals surface area contributed by atoms with Crippen molar-refractivity contribution in [2.24, 2.45) is 5.92 Å². The summed E-state index contributed by atoms with van der Waals surface area (Å²) in [6, 6.07) is 7.08. The molecule has 5 nitrogen and oxygen atoms in total. The summed E-state index contributed by atoms with van der Waals surface area (Å²) in [5, 5.41) is 13.8. The second-order valence-corrected chi connectivity index (χ2v) is 6.54. The van der Waals surface area contributed by atoms with Crippen LogP contribution in [0.1, 0.15) is 19.8 Å². The highest BCUT2D eigenvalue weighted by Gasteiger charge is 2.42. The fraction of sp³-hybridized carbons (Fsp3) is 0.412. The zero-order valence-corrected chi connectivity index (χ0v) is 13.6. The predicted molar refractivity (Wildman–Crippen MR) is 88.6 cm³/mol. The molecule has 1 unspecified atom stereocenters. The first-order valence-electron chi connectivity index (χ1n) is 7.61. The van der Waals surface area contributed by atoms with E-state index in [1.54, 1.807) is 24.4 Å². The highest BCUT2D eigenvalue weighted by Crippen LogP contribution is 2.39. The molecule has 6 heteroatoms. The number of aliphatic hydroxyl groups is 1. The van der Waals surface area contributed by atoms with E-state index in [9.17, 15) is 9.90 Å². The third-order valence-corrected chi connectivity index (χ3v) is 4.60. The summed E-state index contributed by atoms with van der Waals surface area (Å²) in [6.07, 6.45) is 3.72. The Morgan fingerprint density at radius 2 is 2.26 bits per heavy atom. The Hall–Kier alpha value is -1.85. The number of fused-ring (bicyclic) bond motifs is 1. The van der Waals surface area contributed by atoms with Crippen LogP contribution >= 0.6 is 11.6 Å². The number of aliphatic hydroxyl groups excluding tert-OH is 1. The number of amides is 1. The molecule has 23 heavy (non-hydrogen) atoms. The lowest BCUT2D eigenvalue weighted by molar-refractivity contribution is -0.125. The smallest absolute Gasteiger partial charge is 0.258 e. The SMILES string of the molecule is CC(CO)(NC(=O)COc1ccc(Cl)c2cccnc12)C1CC1. The van der Waals surface area contributed by atoms with Crippen molar-refractivity contribution in [3.05, 3.63) is 35.5 Å². The molecule has 0 bridgehead atoms. The number of hydrogen-bond acceptors (Lipinski definition) is 4. The second kappa shape index (κ2) is 6.34. The van der Waals surface area contributed by atoms with Gasteiger partial charge < -0.3 is 15.2 Å². The first-order valence-corrected chi connectivity index (χ1v) is 7.99. The van der Waals surface area contributed by atoms with Gasteiger partial charge in [-0.15, -0.1) is 0 Å². The number of carbonyl (C=O) groups excluding carboxylic acids is 1. The molecule has 0 aliphatic heterocycles. The highest BCUT2D eigenvalue weighted by molar-refractivity contribution is 6.35. The van der Waals surface area contributed by atoms with Crippen molar-refractivity contribution in [1.82, 2.24) is 10.3 Å². The van der Waals surface area contributed by atoms with Gasteiger partial charge in [0, 0.05) is 11.6 Å². The lowest BCUT2D eigenvalue weighted by Crippen LogP contribution is -2.52. The van der Waals surface area contributed by atoms with Gasteiger partial charge in [-0.3, -0.25) is 9.78 Å². The molecule has 1 aromatic carbocycles. The van der Waals surface area contributed by atoms with Crippen LogP contribution in [-0.4, -0.2) is 34.8 Å². The number of aromatic nitrogens is 1. The molecule has 1 heterocycles. The third-order valence-electron chi connectivity index (χ3n) is 4.27. The molecule has 0 spiro atoms. The predicted octanol–water partition coefficient (Wildman–Crippen LogP) is 2.54. The molecular formula is C17H19ClN2O3. The van der Waals surface area contributed by atoms with E-state index in [-0.39, 0.29) is 19.1 Å². The van der Waals surface area contributed by atoms with Crippen molar-refractivity contribution in [3.8, 4) is 5.75 Å². The maximum atomic E-state index is 12.1. The Kier molecular flexibility index (Phi) is 4.41. The van der Waals surface area contributed by atoms with Crippen molar-refractivity contribution in [3.63, 3.8) is 0 Å². The van der Waals surface area contributed by atoms with Gasteiger partial charge in [-0.25, -0.2) is 0 Å². The van der Waals surface area contributed by atoms with E-state index in [0.717, 1.165) is 18.2 Å². The number of ether oxygens (including phenoxy) is 1. The van der Waals surface area contributed by atoms with Crippen LogP contribution in [0.3, 0.4) is 0 Å². The van der Waals surface area contributed by atoms with Gasteiger partial charge in [0.2, 0.25) is 0 Å². The minimum Gasteiger partial charge on any atom is -0.481 e. The number of carbonyl (C=O) groups is 1. The van der Waals surface area contributed by atoms with Crippen molar-refractivity contribution >= 4 is 28.4 Å². The van der Waals surface area contributed by atoms with Crippen LogP contribution in [0.15, 0.2) is 30.5 Å². The van der Waals surface area contributed by atoms with Crippen LogP contribution in [0.4, 0.5) is 0 Å². The molecule has 0 saturated heterocycles. The lowest BCUT2D eigenvalue weighted by Gasteiger charge is -2.28. The van der Waals surface area contributed by atoms with E-state index in [1.807, 2.05) is 13.0 Å². The van der Waals surface area contributed by atoms with E-state index >= 15 is 0 Å². The van der Waals surface area contributed by atoms with Crippen LogP contribution in [-0.2, 0) is 4.79 Å². The molecule has 1 saturated carbocycles. The molecule has 1 amide bonds. The molecule has 1 aliphatic carbocycles. The molecule has 2 N–H and O–H groups in total. The van der Waals surface area contributed by atoms with Crippen LogP contribution in [0.2, 0.25) is 5.02 Å². The fourth-order valence-electron chi connectivity index (χ4n) is 2.72. The van der Waals surface area contributed by atoms with Crippen LogP contribution < -0.4 is 10.1 Å². The number of halogens is 1. The molecule has 1 atom stereocenters. The monoisotopic (exact) mass is 334 g/mol. The van der Waals surface area contributed by atoms with Crippen LogP contribution in [0.5, 0.6) is 5.75 Å². The minimum atomic E-state index is -0.569. The molecule has 1 fully saturated rings. The van der Waals surface area contributed by atoms with E-state index in [0.29, 0.717) is 22.2 Å². The maximum absolute atomic E-state index is 12.1. The van der Waals surface area contributed by atoms with E-state index < -0.39 is 5.54 Å². The van der Waals surface area contributed by atoms with Gasteiger partial charge in [0.25, 0.3) is 5.91 Å². The highest BCUT2D eigenvalue weighted by atomic mass is 35.5. The first-order chi connectivity index (χ1) is 11.0. The standard InChI is InChI=1S/C17H19ClN2O3/c1-17(10-21,11-4-5-11)20-15(22)9-23-14-7-6-13(18)12-3-2-8-19-16(12)14/h2-3,6-8,11,21H,4-5,9-10H2,1H3,(H,20,22). The second-order valence-electron chi connectivity index (χ2n) is 6.13. The average molecular weight is 335 g/mol. The molecule has 1 aliphatic rings. The van der Waals surface area contributed by atoms with Gasteiger partial charge in [-0.2, -0.15) is 0 Å². The average Bonchev–Trinajstić information content (AvgIpc) is 3.40. The van der Waals surface area contributed by atoms with Crippen molar-refractivity contribution in [1.29, 1.82) is 0 Å². The summed E-state index contributed by atoms with van der Waals surface area (Å²) in [4.78, 5) is 16.4. The Bertz CT molecular complexity index is 733. The maximum Gasteiger partial charge on any atom is 0.258 e. The van der Waals surface area contributed by atoms with Gasteiger partial charge in [0.05, 0.1) is 17.2 Å². The molecule has 1 aromatic heterocycles. The normalized spacial score (nSPS) is 16.8. The van der Waals surface area contributed by atoms with Crippen molar-refractivity contribution in [2.75, 3.05) is 13.2 Å². The van der Waals surface area contributed by atoms with Gasteiger partial charge >= 0.3 is 0 Å². The molecule has 3 rings (SSSR count).